The lowest BCUT2D eigenvalue weighted by Gasteiger charge is -2.46. The van der Waals surface area contributed by atoms with Crippen LogP contribution in [-0.2, 0) is 16.2 Å². The molecule has 0 aliphatic carbocycles. The van der Waals surface area contributed by atoms with E-state index in [0.717, 1.165) is 123 Å². The number of nitrogens with zero attached hydrogens (tertiary/aromatic N) is 4. The molecule has 18 aromatic rings. The number of para-hydroxylation sites is 3. The molecule has 20 rings (SSSR count). The first-order valence-corrected chi connectivity index (χ1v) is 39.9. The summed E-state index contributed by atoms with van der Waals surface area (Å²) in [6.45, 7) is 21.1. The largest absolute Gasteiger partial charge is 0.310 e. The molecule has 2 aliphatic rings. The maximum atomic E-state index is 2.75. The van der Waals surface area contributed by atoms with E-state index in [0.29, 0.717) is 0 Å². The van der Waals surface area contributed by atoms with E-state index in [9.17, 15) is 0 Å². The summed E-state index contributed by atoms with van der Waals surface area (Å²) in [5, 5.41) is 4.83. The van der Waals surface area contributed by atoms with E-state index in [-0.39, 0.29) is 23.0 Å². The Morgan fingerprint density at radius 2 is 0.628 bits per heavy atom. The second-order valence-corrected chi connectivity index (χ2v) is 34.0. The number of hydrogen-bond acceptors (Lipinski definition) is 2. The van der Waals surface area contributed by atoms with E-state index in [2.05, 4.69) is 445 Å². The van der Waals surface area contributed by atoms with Gasteiger partial charge in [0.2, 0.25) is 0 Å². The van der Waals surface area contributed by atoms with Crippen molar-refractivity contribution in [3.8, 4) is 89.3 Å². The van der Waals surface area contributed by atoms with Gasteiger partial charge in [-0.3, -0.25) is 0 Å². The van der Waals surface area contributed by atoms with Crippen LogP contribution < -0.4 is 26.2 Å². The third-order valence-electron chi connectivity index (χ3n) is 23.9. The van der Waals surface area contributed by atoms with Crippen LogP contribution >= 0.6 is 0 Å². The summed E-state index contributed by atoms with van der Waals surface area (Å²) in [5.41, 5.74) is 36.6. The van der Waals surface area contributed by atoms with Crippen LogP contribution in [-0.4, -0.2) is 15.8 Å². The first kappa shape index (κ1) is 69.0. The molecular weight excluding hydrogens is 1360 g/mol. The highest BCUT2D eigenvalue weighted by molar-refractivity contribution is 7.00. The maximum absolute atomic E-state index is 2.75. The summed E-state index contributed by atoms with van der Waals surface area (Å²) < 4.78 is 5.06. The van der Waals surface area contributed by atoms with Gasteiger partial charge in [0, 0.05) is 77.9 Å². The van der Waals surface area contributed by atoms with Crippen molar-refractivity contribution in [2.24, 2.45) is 0 Å². The van der Waals surface area contributed by atoms with E-state index in [1.807, 2.05) is 0 Å². The van der Waals surface area contributed by atoms with Crippen LogP contribution in [0.15, 0.2) is 364 Å². The fourth-order valence-electron chi connectivity index (χ4n) is 18.2. The second kappa shape index (κ2) is 26.8. The smallest absolute Gasteiger partial charge is 0.252 e. The molecule has 16 aromatic carbocycles. The van der Waals surface area contributed by atoms with Gasteiger partial charge in [0.25, 0.3) is 6.71 Å². The lowest BCUT2D eigenvalue weighted by molar-refractivity contribution is 0.569. The normalized spacial score (nSPS) is 12.8. The van der Waals surface area contributed by atoms with Crippen molar-refractivity contribution in [2.75, 3.05) is 9.80 Å². The molecule has 2 aliphatic heterocycles. The van der Waals surface area contributed by atoms with Crippen molar-refractivity contribution in [3.63, 3.8) is 0 Å². The van der Waals surface area contributed by atoms with Gasteiger partial charge < -0.3 is 18.9 Å². The molecule has 0 N–H and O–H groups in total. The van der Waals surface area contributed by atoms with Gasteiger partial charge in [-0.25, -0.2) is 0 Å². The van der Waals surface area contributed by atoms with Gasteiger partial charge >= 0.3 is 0 Å². The van der Waals surface area contributed by atoms with Crippen molar-refractivity contribution in [2.45, 2.75) is 78.6 Å². The number of anilines is 6. The van der Waals surface area contributed by atoms with Crippen molar-refractivity contribution in [1.29, 1.82) is 0 Å². The average Bonchev–Trinajstić information content (AvgIpc) is 1.71. The van der Waals surface area contributed by atoms with Crippen LogP contribution in [0, 0.1) is 0 Å². The Morgan fingerprint density at radius 3 is 1.10 bits per heavy atom. The third kappa shape index (κ3) is 11.7. The summed E-state index contributed by atoms with van der Waals surface area (Å²) in [6.07, 6.45) is 0. The van der Waals surface area contributed by atoms with Gasteiger partial charge in [-0.2, -0.15) is 0 Å². The number of hydrogen-bond donors (Lipinski definition) is 0. The summed E-state index contributed by atoms with van der Waals surface area (Å²) in [4.78, 5) is 5.47. The van der Waals surface area contributed by atoms with E-state index >= 15 is 0 Å². The summed E-state index contributed by atoms with van der Waals surface area (Å²) in [6, 6.07) is 138. The molecule has 0 bridgehead atoms. The molecule has 0 fully saturated rings. The number of benzene rings is 16. The standard InChI is InChI=1S/C108H87BN4/c1-106(2,3)80-59-77(60-81(66-80)107(4,5)6)76-53-57-96-93(65-76)109-92-56-54-84(111-94-51-33-31-49-85(94)86-55-58-97-101(105(86)111)87-50-32-34-52-95(87)110(97)83-47-29-16-30-48-83)69-98(92)113(104-90(74-43-25-14-26-44-74)63-79(71-37-19-11-20-38-71)64-91(104)75-45-27-15-28-46-75)100-68-82(108(7,8)9)67-99(102(100)109)112(96)103-88(72-39-21-12-22-40-72)61-78(70-35-17-10-18-36-70)62-89(103)73-41-23-13-24-42-73/h10-69H,1-9H3. The SMILES string of the molecule is CC(C)(C)c1cc(-c2ccc3c(c2)B2c4ccc(-n5c6ccccc6c6ccc7c(c8ccccc8n7-c7ccccc7)c65)cc4N(c4c(-c5ccccc5)cc(-c5ccccc5)cc4-c4ccccc4)c4cc(C(C)(C)C)cc(c42)N3c2c(-c3ccccc3)cc(-c3ccccc3)cc2-c2ccccc2)cc(C(C)(C)C)c1. The van der Waals surface area contributed by atoms with E-state index < -0.39 is 0 Å². The zero-order valence-corrected chi connectivity index (χ0v) is 65.5. The topological polar surface area (TPSA) is 16.3 Å². The quantitative estimate of drug-likeness (QED) is 0.120. The fraction of sp³-hybridized carbons (Fsp3) is 0.111. The van der Waals surface area contributed by atoms with Crippen LogP contribution in [0.2, 0.25) is 0 Å². The predicted octanol–water partition coefficient (Wildman–Crippen LogP) is 27.5. The van der Waals surface area contributed by atoms with Gasteiger partial charge in [0.15, 0.2) is 0 Å². The predicted molar refractivity (Wildman–Crippen MR) is 483 cm³/mol. The molecule has 0 saturated carbocycles. The minimum absolute atomic E-state index is 0.117. The highest BCUT2D eigenvalue weighted by atomic mass is 15.2. The minimum Gasteiger partial charge on any atom is -0.310 e. The van der Waals surface area contributed by atoms with Crippen LogP contribution in [0.1, 0.15) is 79.0 Å². The lowest BCUT2D eigenvalue weighted by Crippen LogP contribution is -2.61. The van der Waals surface area contributed by atoms with Crippen LogP contribution in [0.4, 0.5) is 34.1 Å². The van der Waals surface area contributed by atoms with Crippen LogP contribution in [0.3, 0.4) is 0 Å². The number of fused-ring (bicyclic) bond motifs is 11. The molecule has 5 heteroatoms. The highest BCUT2D eigenvalue weighted by Gasteiger charge is 2.47. The first-order valence-electron chi connectivity index (χ1n) is 39.9. The number of rotatable bonds is 11. The Hall–Kier alpha value is -13.2. The minimum atomic E-state index is -0.357. The van der Waals surface area contributed by atoms with Crippen LogP contribution in [0.5, 0.6) is 0 Å². The summed E-state index contributed by atoms with van der Waals surface area (Å²) >= 11 is 0. The zero-order chi connectivity index (χ0) is 76.6. The molecular formula is C108H87BN4. The Kier molecular flexibility index (Phi) is 16.4. The van der Waals surface area contributed by atoms with Crippen molar-refractivity contribution < 1.29 is 0 Å². The lowest BCUT2D eigenvalue weighted by atomic mass is 9.33. The Balaban J connectivity index is 0.975. The monoisotopic (exact) mass is 1450 g/mol. The average molecular weight is 1450 g/mol. The molecule has 0 saturated heterocycles. The van der Waals surface area contributed by atoms with Gasteiger partial charge in [0.1, 0.15) is 0 Å². The summed E-state index contributed by atoms with van der Waals surface area (Å²) in [7, 11) is 0. The fourth-order valence-corrected chi connectivity index (χ4v) is 18.2. The van der Waals surface area contributed by atoms with E-state index in [1.54, 1.807) is 0 Å². The first-order chi connectivity index (χ1) is 55.0. The Labute approximate surface area is 663 Å². The van der Waals surface area contributed by atoms with Gasteiger partial charge in [-0.1, -0.05) is 341 Å². The Morgan fingerprint density at radius 1 is 0.230 bits per heavy atom. The molecule has 0 unspecified atom stereocenters. The molecule has 4 heterocycles. The highest BCUT2D eigenvalue weighted by Crippen LogP contribution is 2.56. The zero-order valence-electron chi connectivity index (χ0n) is 65.5. The van der Waals surface area contributed by atoms with Crippen molar-refractivity contribution in [3.05, 3.63) is 381 Å². The molecule has 0 amide bonds. The number of aromatic nitrogens is 2. The molecule has 2 aromatic heterocycles. The molecule has 0 spiro atoms. The van der Waals surface area contributed by atoms with Crippen molar-refractivity contribution >= 4 is 101 Å². The van der Waals surface area contributed by atoms with Gasteiger partial charge in [-0.15, -0.1) is 0 Å². The molecule has 113 heavy (non-hydrogen) atoms. The second-order valence-electron chi connectivity index (χ2n) is 34.0. The molecule has 4 nitrogen and oxygen atoms in total. The van der Waals surface area contributed by atoms with E-state index in [1.165, 1.54) is 76.8 Å². The molecule has 0 atom stereocenters. The van der Waals surface area contributed by atoms with Gasteiger partial charge in [0.05, 0.1) is 33.4 Å². The van der Waals surface area contributed by atoms with Gasteiger partial charge in [-0.05, 0) is 190 Å². The summed E-state index contributed by atoms with van der Waals surface area (Å²) in [5.74, 6) is 0. The van der Waals surface area contributed by atoms with E-state index in [4.69, 9.17) is 0 Å². The maximum Gasteiger partial charge on any atom is 0.252 e. The van der Waals surface area contributed by atoms with Crippen LogP contribution in [0.25, 0.3) is 133 Å². The molecule has 0 radical (unpaired) electrons. The molecule has 542 valence electrons. The Bertz CT molecular complexity index is 6610. The van der Waals surface area contributed by atoms with Crippen molar-refractivity contribution in [1.82, 2.24) is 9.13 Å². The third-order valence-corrected chi connectivity index (χ3v) is 23.9.